The lowest BCUT2D eigenvalue weighted by molar-refractivity contribution is -0.384. The monoisotopic (exact) mass is 301 g/mol. The minimum atomic E-state index is -0.915. The van der Waals surface area contributed by atoms with E-state index in [2.05, 4.69) is 10.6 Å². The molecule has 2 aromatic rings. The molecule has 0 heterocycles. The molecule has 3 N–H and O–H groups in total. The summed E-state index contributed by atoms with van der Waals surface area (Å²) in [6.07, 6.45) is 0. The Morgan fingerprint density at radius 2 is 1.27 bits per heavy atom. The molecule has 8 nitrogen and oxygen atoms in total. The summed E-state index contributed by atoms with van der Waals surface area (Å²) in [6.45, 7) is 0. The maximum atomic E-state index is 11.7. The van der Waals surface area contributed by atoms with Gasteiger partial charge in [0.2, 0.25) is 0 Å². The van der Waals surface area contributed by atoms with Crippen molar-refractivity contribution in [1.82, 2.24) is 0 Å². The molecule has 0 saturated heterocycles. The highest BCUT2D eigenvalue weighted by Crippen LogP contribution is 2.16. The Hall–Kier alpha value is -3.42. The lowest BCUT2D eigenvalue weighted by Gasteiger charge is -2.06. The summed E-state index contributed by atoms with van der Waals surface area (Å²) >= 11 is 0. The second-order valence-corrected chi connectivity index (χ2v) is 4.26. The van der Waals surface area contributed by atoms with Gasteiger partial charge in [0.05, 0.1) is 4.92 Å². The van der Waals surface area contributed by atoms with Gasteiger partial charge in [-0.15, -0.1) is 0 Å². The number of nitro benzene ring substituents is 1. The van der Waals surface area contributed by atoms with Gasteiger partial charge in [-0.1, -0.05) is 0 Å². The standard InChI is InChI=1S/C14H11N3O5/c18-12-7-3-10(4-8-12)16-14(20)13(19)15-9-1-5-11(6-2-9)17(21)22/h1-8,18H,(H,15,19)(H,16,20). The van der Waals surface area contributed by atoms with E-state index < -0.39 is 16.7 Å². The van der Waals surface area contributed by atoms with Crippen LogP contribution in [0.2, 0.25) is 0 Å². The van der Waals surface area contributed by atoms with E-state index >= 15 is 0 Å². The number of amides is 2. The molecule has 2 rings (SSSR count). The molecule has 8 heteroatoms. The van der Waals surface area contributed by atoms with Gasteiger partial charge < -0.3 is 15.7 Å². The van der Waals surface area contributed by atoms with Gasteiger partial charge in [-0.3, -0.25) is 19.7 Å². The van der Waals surface area contributed by atoms with E-state index in [1.54, 1.807) is 0 Å². The van der Waals surface area contributed by atoms with Crippen LogP contribution in [0, 0.1) is 10.1 Å². The molecule has 0 aliphatic carbocycles. The zero-order chi connectivity index (χ0) is 16.1. The Labute approximate surface area is 124 Å². The van der Waals surface area contributed by atoms with Crippen molar-refractivity contribution in [2.45, 2.75) is 0 Å². The number of carbonyl (C=O) groups is 2. The largest absolute Gasteiger partial charge is 0.508 e. The second kappa shape index (κ2) is 6.35. The minimum Gasteiger partial charge on any atom is -0.508 e. The molecule has 0 bridgehead atoms. The summed E-state index contributed by atoms with van der Waals surface area (Å²) in [5.74, 6) is -1.78. The molecule has 0 spiro atoms. The van der Waals surface area contributed by atoms with Crippen LogP contribution in [0.3, 0.4) is 0 Å². The summed E-state index contributed by atoms with van der Waals surface area (Å²) in [5, 5.41) is 24.3. The van der Waals surface area contributed by atoms with Gasteiger partial charge in [0, 0.05) is 23.5 Å². The molecule has 112 valence electrons. The highest BCUT2D eigenvalue weighted by atomic mass is 16.6. The first-order valence-electron chi connectivity index (χ1n) is 6.11. The topological polar surface area (TPSA) is 122 Å². The predicted molar refractivity (Wildman–Crippen MR) is 78.5 cm³/mol. The number of phenolic OH excluding ortho intramolecular Hbond substituents is 1. The molecule has 22 heavy (non-hydrogen) atoms. The van der Waals surface area contributed by atoms with Crippen LogP contribution in [-0.4, -0.2) is 21.8 Å². The summed E-state index contributed by atoms with van der Waals surface area (Å²) in [5.41, 5.74) is 0.490. The second-order valence-electron chi connectivity index (χ2n) is 4.26. The number of hydrogen-bond acceptors (Lipinski definition) is 5. The van der Waals surface area contributed by atoms with E-state index in [1.165, 1.54) is 48.5 Å². The third kappa shape index (κ3) is 3.79. The van der Waals surface area contributed by atoms with Crippen LogP contribution < -0.4 is 10.6 Å². The number of carbonyl (C=O) groups excluding carboxylic acids is 2. The number of nitrogens with one attached hydrogen (secondary N) is 2. The van der Waals surface area contributed by atoms with E-state index in [4.69, 9.17) is 5.11 Å². The van der Waals surface area contributed by atoms with Gasteiger partial charge in [0.25, 0.3) is 5.69 Å². The molecule has 0 unspecified atom stereocenters. The van der Waals surface area contributed by atoms with Gasteiger partial charge in [0.1, 0.15) is 5.75 Å². The van der Waals surface area contributed by atoms with Crippen molar-refractivity contribution < 1.29 is 19.6 Å². The fraction of sp³-hybridized carbons (Fsp3) is 0. The smallest absolute Gasteiger partial charge is 0.314 e. The molecule has 0 aromatic heterocycles. The Morgan fingerprint density at radius 1 is 0.864 bits per heavy atom. The highest BCUT2D eigenvalue weighted by Gasteiger charge is 2.14. The number of benzene rings is 2. The van der Waals surface area contributed by atoms with Gasteiger partial charge in [-0.25, -0.2) is 0 Å². The summed E-state index contributed by atoms with van der Waals surface area (Å²) in [6, 6.07) is 10.7. The number of anilines is 2. The molecule has 0 saturated carbocycles. The fourth-order valence-electron chi connectivity index (χ4n) is 1.59. The van der Waals surface area contributed by atoms with Crippen LogP contribution in [0.5, 0.6) is 5.75 Å². The van der Waals surface area contributed by atoms with Crippen LogP contribution in [0.15, 0.2) is 48.5 Å². The van der Waals surface area contributed by atoms with E-state index in [0.29, 0.717) is 5.69 Å². The predicted octanol–water partition coefficient (Wildman–Crippen LogP) is 1.88. The zero-order valence-electron chi connectivity index (χ0n) is 11.1. The first-order valence-corrected chi connectivity index (χ1v) is 6.11. The minimum absolute atomic E-state index is 0.0355. The molecule has 0 aliphatic heterocycles. The number of hydrogen-bond donors (Lipinski definition) is 3. The molecule has 0 aliphatic rings. The van der Waals surface area contributed by atoms with Crippen LogP contribution in [0.25, 0.3) is 0 Å². The van der Waals surface area contributed by atoms with Crippen LogP contribution >= 0.6 is 0 Å². The quantitative estimate of drug-likeness (QED) is 0.346. The maximum absolute atomic E-state index is 11.7. The van der Waals surface area contributed by atoms with Crippen molar-refractivity contribution in [2.24, 2.45) is 0 Å². The van der Waals surface area contributed by atoms with E-state index in [9.17, 15) is 19.7 Å². The van der Waals surface area contributed by atoms with Gasteiger partial charge >= 0.3 is 11.8 Å². The third-order valence-electron chi connectivity index (χ3n) is 2.67. The number of nitrogens with zero attached hydrogens (tertiary/aromatic N) is 1. The van der Waals surface area contributed by atoms with E-state index in [-0.39, 0.29) is 17.1 Å². The molecular weight excluding hydrogens is 290 g/mol. The number of phenols is 1. The Morgan fingerprint density at radius 3 is 1.68 bits per heavy atom. The third-order valence-corrected chi connectivity index (χ3v) is 2.67. The first-order chi connectivity index (χ1) is 10.5. The Bertz CT molecular complexity index is 710. The molecule has 2 amide bonds. The van der Waals surface area contributed by atoms with Gasteiger partial charge in [-0.05, 0) is 36.4 Å². The average molecular weight is 301 g/mol. The molecule has 2 aromatic carbocycles. The van der Waals surface area contributed by atoms with Crippen molar-refractivity contribution in [3.63, 3.8) is 0 Å². The van der Waals surface area contributed by atoms with Crippen LogP contribution in [0.1, 0.15) is 0 Å². The van der Waals surface area contributed by atoms with Crippen molar-refractivity contribution in [3.05, 3.63) is 58.6 Å². The Balaban J connectivity index is 1.97. The number of aromatic hydroxyl groups is 1. The van der Waals surface area contributed by atoms with E-state index in [0.717, 1.165) is 0 Å². The fourth-order valence-corrected chi connectivity index (χ4v) is 1.59. The number of non-ortho nitro benzene ring substituents is 1. The molecule has 0 radical (unpaired) electrons. The molecule has 0 fully saturated rings. The van der Waals surface area contributed by atoms with Crippen molar-refractivity contribution in [3.8, 4) is 5.75 Å². The normalized spacial score (nSPS) is 9.82. The van der Waals surface area contributed by atoms with Gasteiger partial charge in [-0.2, -0.15) is 0 Å². The SMILES string of the molecule is O=C(Nc1ccc(O)cc1)C(=O)Nc1ccc([N+](=O)[O-])cc1. The Kier molecular flexibility index (Phi) is 4.33. The number of nitro groups is 1. The van der Waals surface area contributed by atoms with Crippen molar-refractivity contribution in [2.75, 3.05) is 10.6 Å². The summed E-state index contributed by atoms with van der Waals surface area (Å²) < 4.78 is 0. The lowest BCUT2D eigenvalue weighted by atomic mass is 10.2. The lowest BCUT2D eigenvalue weighted by Crippen LogP contribution is -2.29. The van der Waals surface area contributed by atoms with Crippen LogP contribution in [0.4, 0.5) is 17.1 Å². The van der Waals surface area contributed by atoms with Crippen LogP contribution in [-0.2, 0) is 9.59 Å². The van der Waals surface area contributed by atoms with Crippen molar-refractivity contribution in [1.29, 1.82) is 0 Å². The molecule has 0 atom stereocenters. The first kappa shape index (κ1) is 15.0. The van der Waals surface area contributed by atoms with Gasteiger partial charge in [0.15, 0.2) is 0 Å². The zero-order valence-corrected chi connectivity index (χ0v) is 11.1. The maximum Gasteiger partial charge on any atom is 0.314 e. The molecular formula is C14H11N3O5. The summed E-state index contributed by atoms with van der Waals surface area (Å²) in [4.78, 5) is 33.3. The average Bonchev–Trinajstić information content (AvgIpc) is 2.50. The number of rotatable bonds is 3. The van der Waals surface area contributed by atoms with Crippen molar-refractivity contribution >= 4 is 28.9 Å². The van der Waals surface area contributed by atoms with E-state index in [1.807, 2.05) is 0 Å². The highest BCUT2D eigenvalue weighted by molar-refractivity contribution is 6.43. The summed E-state index contributed by atoms with van der Waals surface area (Å²) in [7, 11) is 0.